The maximum absolute atomic E-state index is 11.9. The Morgan fingerprint density at radius 1 is 1.47 bits per heavy atom. The molecule has 106 valence electrons. The van der Waals surface area contributed by atoms with Crippen LogP contribution in [0, 0.1) is 0 Å². The van der Waals surface area contributed by atoms with E-state index in [2.05, 4.69) is 5.32 Å². The number of anilines is 1. The maximum atomic E-state index is 11.9. The number of benzene rings is 1. The van der Waals surface area contributed by atoms with Gasteiger partial charge in [0.15, 0.2) is 0 Å². The summed E-state index contributed by atoms with van der Waals surface area (Å²) >= 11 is 0. The Morgan fingerprint density at radius 3 is 2.89 bits per heavy atom. The van der Waals surface area contributed by atoms with Gasteiger partial charge in [-0.1, -0.05) is 13.0 Å². The molecule has 1 aromatic rings. The van der Waals surface area contributed by atoms with Crippen molar-refractivity contribution in [3.05, 3.63) is 24.3 Å². The average molecular weight is 266 g/mol. The molecule has 0 fully saturated rings. The standard InChI is InChI=1S/C14H22N2O3/c1-3-16(8-5-9-17)11-14(18)15-12-6-4-7-13(10-12)19-2/h4,6-7,10,17H,3,5,8-9,11H2,1-2H3,(H,15,18). The summed E-state index contributed by atoms with van der Waals surface area (Å²) in [4.78, 5) is 13.9. The number of likely N-dealkylation sites (N-methyl/N-ethyl adjacent to an activating group) is 1. The minimum atomic E-state index is -0.0620. The predicted molar refractivity (Wildman–Crippen MR) is 75.4 cm³/mol. The molecule has 0 unspecified atom stereocenters. The molecule has 1 aromatic carbocycles. The molecule has 0 atom stereocenters. The largest absolute Gasteiger partial charge is 0.497 e. The third-order valence-electron chi connectivity index (χ3n) is 2.80. The Bertz CT molecular complexity index is 396. The molecule has 0 aliphatic heterocycles. The molecule has 0 aromatic heterocycles. The van der Waals surface area contributed by atoms with E-state index in [-0.39, 0.29) is 12.5 Å². The van der Waals surface area contributed by atoms with Crippen molar-refractivity contribution in [2.75, 3.05) is 38.7 Å². The van der Waals surface area contributed by atoms with Gasteiger partial charge in [-0.25, -0.2) is 0 Å². The van der Waals surface area contributed by atoms with Crippen LogP contribution in [0.4, 0.5) is 5.69 Å². The van der Waals surface area contributed by atoms with Crippen LogP contribution in [0.3, 0.4) is 0 Å². The maximum Gasteiger partial charge on any atom is 0.238 e. The molecule has 2 N–H and O–H groups in total. The number of nitrogens with zero attached hydrogens (tertiary/aromatic N) is 1. The number of aliphatic hydroxyl groups is 1. The Balaban J connectivity index is 2.49. The molecule has 0 spiro atoms. The molecule has 19 heavy (non-hydrogen) atoms. The van der Waals surface area contributed by atoms with Crippen molar-refractivity contribution in [3.8, 4) is 5.75 Å². The second-order valence-corrected chi connectivity index (χ2v) is 4.23. The number of amides is 1. The molecule has 0 aliphatic carbocycles. The zero-order valence-electron chi connectivity index (χ0n) is 11.6. The number of carbonyl (C=O) groups excluding carboxylic acids is 1. The van der Waals surface area contributed by atoms with Gasteiger partial charge in [-0.2, -0.15) is 0 Å². The highest BCUT2D eigenvalue weighted by molar-refractivity contribution is 5.92. The molecule has 1 amide bonds. The van der Waals surface area contributed by atoms with E-state index in [9.17, 15) is 4.79 Å². The monoisotopic (exact) mass is 266 g/mol. The van der Waals surface area contributed by atoms with Crippen LogP contribution in [-0.2, 0) is 4.79 Å². The lowest BCUT2D eigenvalue weighted by molar-refractivity contribution is -0.117. The summed E-state index contributed by atoms with van der Waals surface area (Å²) in [6, 6.07) is 7.26. The van der Waals surface area contributed by atoms with E-state index in [1.165, 1.54) is 0 Å². The lowest BCUT2D eigenvalue weighted by Crippen LogP contribution is -2.34. The highest BCUT2D eigenvalue weighted by Crippen LogP contribution is 2.16. The number of aliphatic hydroxyl groups excluding tert-OH is 1. The summed E-state index contributed by atoms with van der Waals surface area (Å²) < 4.78 is 5.10. The molecular formula is C14H22N2O3. The SMILES string of the molecule is CCN(CCCO)CC(=O)Nc1cccc(OC)c1. The van der Waals surface area contributed by atoms with Gasteiger partial charge in [0.25, 0.3) is 0 Å². The van der Waals surface area contributed by atoms with Crippen molar-refractivity contribution in [1.29, 1.82) is 0 Å². The number of hydrogen-bond donors (Lipinski definition) is 2. The molecule has 1 rings (SSSR count). The molecule has 0 bridgehead atoms. The van der Waals surface area contributed by atoms with Crippen molar-refractivity contribution >= 4 is 11.6 Å². The van der Waals surface area contributed by atoms with Gasteiger partial charge in [0.2, 0.25) is 5.91 Å². The molecule has 0 saturated heterocycles. The Kier molecular flexibility index (Phi) is 6.92. The second-order valence-electron chi connectivity index (χ2n) is 4.23. The first kappa shape index (κ1) is 15.5. The van der Waals surface area contributed by atoms with Gasteiger partial charge >= 0.3 is 0 Å². The van der Waals surface area contributed by atoms with Crippen LogP contribution in [0.2, 0.25) is 0 Å². The first-order valence-electron chi connectivity index (χ1n) is 6.46. The minimum absolute atomic E-state index is 0.0620. The lowest BCUT2D eigenvalue weighted by atomic mass is 10.3. The van der Waals surface area contributed by atoms with Crippen LogP contribution in [-0.4, -0.2) is 49.3 Å². The van der Waals surface area contributed by atoms with Crippen molar-refractivity contribution in [3.63, 3.8) is 0 Å². The van der Waals surface area contributed by atoms with Gasteiger partial charge in [0.05, 0.1) is 13.7 Å². The van der Waals surface area contributed by atoms with E-state index in [4.69, 9.17) is 9.84 Å². The number of rotatable bonds is 8. The Morgan fingerprint density at radius 2 is 2.26 bits per heavy atom. The number of nitrogens with one attached hydrogen (secondary N) is 1. The van der Waals surface area contributed by atoms with Crippen molar-refractivity contribution in [2.24, 2.45) is 0 Å². The second kappa shape index (κ2) is 8.50. The molecule has 0 radical (unpaired) electrons. The topological polar surface area (TPSA) is 61.8 Å². The Hall–Kier alpha value is -1.59. The van der Waals surface area contributed by atoms with Crippen LogP contribution in [0.25, 0.3) is 0 Å². The third kappa shape index (κ3) is 5.72. The summed E-state index contributed by atoms with van der Waals surface area (Å²) in [5.41, 5.74) is 0.725. The molecule has 0 saturated carbocycles. The highest BCUT2D eigenvalue weighted by Gasteiger charge is 2.09. The number of ether oxygens (including phenoxy) is 1. The van der Waals surface area contributed by atoms with Gasteiger partial charge in [0.1, 0.15) is 5.75 Å². The van der Waals surface area contributed by atoms with Gasteiger partial charge < -0.3 is 15.2 Å². The lowest BCUT2D eigenvalue weighted by Gasteiger charge is -2.19. The molecule has 0 aliphatic rings. The zero-order valence-corrected chi connectivity index (χ0v) is 11.6. The fourth-order valence-corrected chi connectivity index (χ4v) is 1.75. The summed E-state index contributed by atoms with van der Waals surface area (Å²) in [6.45, 7) is 3.97. The van der Waals surface area contributed by atoms with Gasteiger partial charge in [-0.3, -0.25) is 9.69 Å². The molecule has 5 nitrogen and oxygen atoms in total. The number of carbonyl (C=O) groups is 1. The summed E-state index contributed by atoms with van der Waals surface area (Å²) in [5, 5.41) is 11.6. The van der Waals surface area contributed by atoms with Crippen LogP contribution < -0.4 is 10.1 Å². The molecule has 5 heteroatoms. The van der Waals surface area contributed by atoms with Crippen molar-refractivity contribution < 1.29 is 14.6 Å². The van der Waals surface area contributed by atoms with Crippen LogP contribution in [0.1, 0.15) is 13.3 Å². The van der Waals surface area contributed by atoms with E-state index in [0.29, 0.717) is 18.7 Å². The fraction of sp³-hybridized carbons (Fsp3) is 0.500. The Labute approximate surface area is 114 Å². The third-order valence-corrected chi connectivity index (χ3v) is 2.80. The predicted octanol–water partition coefficient (Wildman–Crippen LogP) is 1.34. The first-order valence-corrected chi connectivity index (χ1v) is 6.46. The van der Waals surface area contributed by atoms with Gasteiger partial charge in [0, 0.05) is 24.9 Å². The van der Waals surface area contributed by atoms with Crippen LogP contribution in [0.5, 0.6) is 5.75 Å². The van der Waals surface area contributed by atoms with Crippen molar-refractivity contribution in [1.82, 2.24) is 4.90 Å². The van der Waals surface area contributed by atoms with Crippen molar-refractivity contribution in [2.45, 2.75) is 13.3 Å². The van der Waals surface area contributed by atoms with Crippen LogP contribution in [0.15, 0.2) is 24.3 Å². The average Bonchev–Trinajstić information content (AvgIpc) is 2.43. The minimum Gasteiger partial charge on any atom is -0.497 e. The fourth-order valence-electron chi connectivity index (χ4n) is 1.75. The van der Waals surface area contributed by atoms with E-state index in [0.717, 1.165) is 18.8 Å². The van der Waals surface area contributed by atoms with Gasteiger partial charge in [-0.05, 0) is 25.1 Å². The molecule has 0 heterocycles. The van der Waals surface area contributed by atoms with Crippen LogP contribution >= 0.6 is 0 Å². The quantitative estimate of drug-likeness (QED) is 0.745. The number of methoxy groups -OCH3 is 1. The summed E-state index contributed by atoms with van der Waals surface area (Å²) in [7, 11) is 1.59. The first-order chi connectivity index (χ1) is 9.19. The summed E-state index contributed by atoms with van der Waals surface area (Å²) in [6.07, 6.45) is 0.681. The number of hydrogen-bond acceptors (Lipinski definition) is 4. The zero-order chi connectivity index (χ0) is 14.1. The highest BCUT2D eigenvalue weighted by atomic mass is 16.5. The van der Waals surface area contributed by atoms with E-state index >= 15 is 0 Å². The van der Waals surface area contributed by atoms with E-state index in [1.807, 2.05) is 30.0 Å². The summed E-state index contributed by atoms with van der Waals surface area (Å²) in [5.74, 6) is 0.651. The molecular weight excluding hydrogens is 244 g/mol. The van der Waals surface area contributed by atoms with E-state index < -0.39 is 0 Å². The smallest absolute Gasteiger partial charge is 0.238 e. The van der Waals surface area contributed by atoms with Gasteiger partial charge in [-0.15, -0.1) is 0 Å². The van der Waals surface area contributed by atoms with E-state index in [1.54, 1.807) is 13.2 Å². The normalized spacial score (nSPS) is 10.5.